The molecule has 2 rings (SSSR count). The fourth-order valence-corrected chi connectivity index (χ4v) is 2.35. The number of amides is 2. The van der Waals surface area contributed by atoms with E-state index in [9.17, 15) is 14.0 Å². The van der Waals surface area contributed by atoms with Crippen LogP contribution in [-0.4, -0.2) is 28.3 Å². The third-order valence-corrected chi connectivity index (χ3v) is 3.74. The molecular formula is C15H19FN2O2. The number of carbonyl (C=O) groups excluding carboxylic acids is 2. The zero-order valence-corrected chi connectivity index (χ0v) is 11.9. The molecule has 1 saturated heterocycles. The van der Waals surface area contributed by atoms with E-state index in [0.29, 0.717) is 12.0 Å². The van der Waals surface area contributed by atoms with Gasteiger partial charge in [0.25, 0.3) is 0 Å². The van der Waals surface area contributed by atoms with E-state index in [-0.39, 0.29) is 24.2 Å². The van der Waals surface area contributed by atoms with Gasteiger partial charge in [0.2, 0.25) is 11.8 Å². The van der Waals surface area contributed by atoms with Crippen molar-refractivity contribution in [2.24, 2.45) is 0 Å². The van der Waals surface area contributed by atoms with E-state index in [2.05, 4.69) is 5.32 Å². The third kappa shape index (κ3) is 2.53. The van der Waals surface area contributed by atoms with Gasteiger partial charge < -0.3 is 10.2 Å². The molecule has 5 heteroatoms. The van der Waals surface area contributed by atoms with Crippen molar-refractivity contribution in [1.82, 2.24) is 10.2 Å². The van der Waals surface area contributed by atoms with Crippen LogP contribution in [0.5, 0.6) is 0 Å². The summed E-state index contributed by atoms with van der Waals surface area (Å²) in [6, 6.07) is 5.60. The molecule has 2 amide bonds. The van der Waals surface area contributed by atoms with Gasteiger partial charge in [-0.3, -0.25) is 9.59 Å². The van der Waals surface area contributed by atoms with Gasteiger partial charge in [-0.2, -0.15) is 0 Å². The van der Waals surface area contributed by atoms with Crippen molar-refractivity contribution in [3.63, 3.8) is 0 Å². The first kappa shape index (κ1) is 14.5. The van der Waals surface area contributed by atoms with Crippen LogP contribution in [-0.2, 0) is 16.1 Å². The van der Waals surface area contributed by atoms with E-state index in [1.807, 2.05) is 6.92 Å². The van der Waals surface area contributed by atoms with Crippen LogP contribution in [0, 0.1) is 5.82 Å². The molecule has 0 radical (unpaired) electrons. The van der Waals surface area contributed by atoms with Crippen molar-refractivity contribution in [2.45, 2.75) is 45.3 Å². The number of hydrogen-bond acceptors (Lipinski definition) is 2. The maximum Gasteiger partial charge on any atom is 0.246 e. The van der Waals surface area contributed by atoms with Crippen LogP contribution in [0.4, 0.5) is 4.39 Å². The highest BCUT2D eigenvalue weighted by Crippen LogP contribution is 2.24. The number of nitrogens with one attached hydrogen (secondary N) is 1. The Morgan fingerprint density at radius 2 is 2.05 bits per heavy atom. The van der Waals surface area contributed by atoms with Crippen LogP contribution in [0.1, 0.15) is 32.8 Å². The number of piperazine rings is 1. The Kier molecular flexibility index (Phi) is 3.79. The van der Waals surface area contributed by atoms with Gasteiger partial charge in [-0.05, 0) is 38.0 Å². The maximum atomic E-state index is 13.2. The normalized spacial score (nSPS) is 21.8. The van der Waals surface area contributed by atoms with Crippen LogP contribution >= 0.6 is 0 Å². The Hall–Kier alpha value is -1.91. The van der Waals surface area contributed by atoms with Crippen molar-refractivity contribution in [3.05, 3.63) is 35.6 Å². The summed E-state index contributed by atoms with van der Waals surface area (Å²) >= 11 is 0. The van der Waals surface area contributed by atoms with Gasteiger partial charge in [-0.15, -0.1) is 0 Å². The Balaban J connectivity index is 2.30. The van der Waals surface area contributed by atoms with Crippen LogP contribution < -0.4 is 5.32 Å². The second-order valence-corrected chi connectivity index (χ2v) is 5.55. The number of rotatable bonds is 3. The molecule has 1 fully saturated rings. The van der Waals surface area contributed by atoms with Crippen molar-refractivity contribution in [3.8, 4) is 0 Å². The molecule has 0 aromatic heterocycles. The molecule has 4 nitrogen and oxygen atoms in total. The summed E-state index contributed by atoms with van der Waals surface area (Å²) in [4.78, 5) is 26.1. The molecule has 1 aromatic carbocycles. The van der Waals surface area contributed by atoms with Crippen molar-refractivity contribution in [1.29, 1.82) is 0 Å². The highest BCUT2D eigenvalue weighted by atomic mass is 19.1. The monoisotopic (exact) mass is 278 g/mol. The molecule has 1 aliphatic heterocycles. The zero-order valence-electron chi connectivity index (χ0n) is 11.9. The lowest BCUT2D eigenvalue weighted by Gasteiger charge is -2.44. The standard InChI is InChI=1S/C15H19FN2O2/c1-4-12-13(19)18(15(2,3)14(20)17-12)9-10-6-5-7-11(16)8-10/h5-8,12H,4,9H2,1-3H3,(H,17,20). The summed E-state index contributed by atoms with van der Waals surface area (Å²) in [6.45, 7) is 5.48. The van der Waals surface area contributed by atoms with Gasteiger partial charge in [0.05, 0.1) is 0 Å². The van der Waals surface area contributed by atoms with Crippen LogP contribution in [0.15, 0.2) is 24.3 Å². The predicted octanol–water partition coefficient (Wildman–Crippen LogP) is 1.84. The van der Waals surface area contributed by atoms with Crippen molar-refractivity contribution >= 4 is 11.8 Å². The van der Waals surface area contributed by atoms with Gasteiger partial charge in [0, 0.05) is 6.54 Å². The topological polar surface area (TPSA) is 49.4 Å². The van der Waals surface area contributed by atoms with Crippen LogP contribution in [0.25, 0.3) is 0 Å². The van der Waals surface area contributed by atoms with E-state index >= 15 is 0 Å². The molecule has 1 N–H and O–H groups in total. The highest BCUT2D eigenvalue weighted by molar-refractivity contribution is 5.99. The molecule has 0 saturated carbocycles. The quantitative estimate of drug-likeness (QED) is 0.917. The number of benzene rings is 1. The lowest BCUT2D eigenvalue weighted by atomic mass is 9.94. The summed E-state index contributed by atoms with van der Waals surface area (Å²) in [5.41, 5.74) is -0.259. The lowest BCUT2D eigenvalue weighted by molar-refractivity contribution is -0.156. The minimum atomic E-state index is -0.935. The second kappa shape index (κ2) is 5.23. The Bertz CT molecular complexity index is 542. The summed E-state index contributed by atoms with van der Waals surface area (Å²) in [5.74, 6) is -0.650. The largest absolute Gasteiger partial charge is 0.342 e. The number of halogens is 1. The lowest BCUT2D eigenvalue weighted by Crippen LogP contribution is -2.67. The highest BCUT2D eigenvalue weighted by Gasteiger charge is 2.45. The summed E-state index contributed by atoms with van der Waals surface area (Å²) in [5, 5.41) is 2.73. The number of hydrogen-bond donors (Lipinski definition) is 1. The molecule has 0 aliphatic carbocycles. The molecular weight excluding hydrogens is 259 g/mol. The summed E-state index contributed by atoms with van der Waals surface area (Å²) in [6.07, 6.45) is 0.542. The van der Waals surface area contributed by atoms with Crippen LogP contribution in [0.2, 0.25) is 0 Å². The SMILES string of the molecule is CCC1NC(=O)C(C)(C)N(Cc2cccc(F)c2)C1=O. The Morgan fingerprint density at radius 1 is 1.35 bits per heavy atom. The number of carbonyl (C=O) groups is 2. The van der Waals surface area contributed by atoms with E-state index in [1.54, 1.807) is 26.0 Å². The molecule has 108 valence electrons. The minimum absolute atomic E-state index is 0.124. The van der Waals surface area contributed by atoms with Crippen molar-refractivity contribution in [2.75, 3.05) is 0 Å². The fraction of sp³-hybridized carbons (Fsp3) is 0.467. The summed E-state index contributed by atoms with van der Waals surface area (Å²) in [7, 11) is 0. The molecule has 1 heterocycles. The van der Waals surface area contributed by atoms with Gasteiger partial charge >= 0.3 is 0 Å². The predicted molar refractivity (Wildman–Crippen MR) is 73.3 cm³/mol. The molecule has 1 atom stereocenters. The van der Waals surface area contributed by atoms with Crippen LogP contribution in [0.3, 0.4) is 0 Å². The number of nitrogens with zero attached hydrogens (tertiary/aromatic N) is 1. The Morgan fingerprint density at radius 3 is 2.65 bits per heavy atom. The van der Waals surface area contributed by atoms with E-state index < -0.39 is 11.6 Å². The molecule has 0 spiro atoms. The van der Waals surface area contributed by atoms with Gasteiger partial charge in [0.15, 0.2) is 0 Å². The van der Waals surface area contributed by atoms with E-state index in [1.165, 1.54) is 17.0 Å². The molecule has 0 bridgehead atoms. The third-order valence-electron chi connectivity index (χ3n) is 3.74. The zero-order chi connectivity index (χ0) is 14.9. The smallest absolute Gasteiger partial charge is 0.246 e. The Labute approximate surface area is 118 Å². The second-order valence-electron chi connectivity index (χ2n) is 5.55. The molecule has 1 unspecified atom stereocenters. The first-order chi connectivity index (χ1) is 9.36. The van der Waals surface area contributed by atoms with E-state index in [0.717, 1.165) is 0 Å². The first-order valence-electron chi connectivity index (χ1n) is 6.73. The average Bonchev–Trinajstić information content (AvgIpc) is 2.39. The van der Waals surface area contributed by atoms with E-state index in [4.69, 9.17) is 0 Å². The average molecular weight is 278 g/mol. The first-order valence-corrected chi connectivity index (χ1v) is 6.73. The fourth-order valence-electron chi connectivity index (χ4n) is 2.35. The minimum Gasteiger partial charge on any atom is -0.342 e. The van der Waals surface area contributed by atoms with Crippen molar-refractivity contribution < 1.29 is 14.0 Å². The molecule has 1 aromatic rings. The maximum absolute atomic E-state index is 13.2. The molecule has 20 heavy (non-hydrogen) atoms. The summed E-state index contributed by atoms with van der Waals surface area (Å²) < 4.78 is 13.2. The van der Waals surface area contributed by atoms with Gasteiger partial charge in [0.1, 0.15) is 17.4 Å². The van der Waals surface area contributed by atoms with Gasteiger partial charge in [-0.25, -0.2) is 4.39 Å². The van der Waals surface area contributed by atoms with Gasteiger partial charge in [-0.1, -0.05) is 19.1 Å². The molecule has 1 aliphatic rings.